The van der Waals surface area contributed by atoms with Gasteiger partial charge in [-0.05, 0) is 62.8 Å². The number of nitrogens with one attached hydrogen (secondary N) is 2. The highest BCUT2D eigenvalue weighted by atomic mass is 16.5. The molecule has 0 saturated heterocycles. The second kappa shape index (κ2) is 8.40. The number of carbonyl (C=O) groups excluding carboxylic acids is 1. The van der Waals surface area contributed by atoms with Gasteiger partial charge in [0, 0.05) is 24.3 Å². The van der Waals surface area contributed by atoms with Gasteiger partial charge in [-0.3, -0.25) is 9.69 Å². The molecule has 0 heterocycles. The van der Waals surface area contributed by atoms with Crippen molar-refractivity contribution in [2.24, 2.45) is 5.92 Å². The number of amides is 2. The van der Waals surface area contributed by atoms with Crippen molar-refractivity contribution in [2.75, 3.05) is 25.0 Å². The second-order valence-corrected chi connectivity index (χ2v) is 7.14. The smallest absolute Gasteiger partial charge is 0.319 e. The first-order chi connectivity index (χ1) is 12.5. The number of anilines is 1. The molecule has 2 fully saturated rings. The van der Waals surface area contributed by atoms with Crippen molar-refractivity contribution in [1.29, 1.82) is 0 Å². The van der Waals surface area contributed by atoms with Gasteiger partial charge in [-0.15, -0.1) is 0 Å². The molecule has 2 amide bonds. The number of aliphatic carboxylic acids is 1. The van der Waals surface area contributed by atoms with Crippen LogP contribution in [0.15, 0.2) is 24.3 Å². The Morgan fingerprint density at radius 3 is 2.50 bits per heavy atom. The predicted molar refractivity (Wildman–Crippen MR) is 98.5 cm³/mol. The summed E-state index contributed by atoms with van der Waals surface area (Å²) in [5.41, 5.74) is 0.711. The van der Waals surface area contributed by atoms with Crippen LogP contribution >= 0.6 is 0 Å². The molecular weight excluding hydrogens is 334 g/mol. The topological polar surface area (TPSA) is 90.9 Å². The molecule has 0 spiro atoms. The van der Waals surface area contributed by atoms with E-state index in [2.05, 4.69) is 15.5 Å². The molecule has 3 N–H and O–H groups in total. The SMILES string of the molecule is CCOc1ccc(NC(=O)NC2CC(N(CC(=O)O)CC3CC3)C2)cc1. The average molecular weight is 361 g/mol. The van der Waals surface area contributed by atoms with Gasteiger partial charge < -0.3 is 20.5 Å². The summed E-state index contributed by atoms with van der Waals surface area (Å²) in [7, 11) is 0. The molecule has 2 aliphatic rings. The third kappa shape index (κ3) is 5.36. The fourth-order valence-electron chi connectivity index (χ4n) is 3.31. The Balaban J connectivity index is 1.41. The van der Waals surface area contributed by atoms with Crippen LogP contribution in [-0.2, 0) is 4.79 Å². The first-order valence-corrected chi connectivity index (χ1v) is 9.29. The Labute approximate surface area is 153 Å². The molecule has 2 saturated carbocycles. The molecule has 0 bridgehead atoms. The number of rotatable bonds is 9. The van der Waals surface area contributed by atoms with Crippen LogP contribution in [0, 0.1) is 5.92 Å². The van der Waals surface area contributed by atoms with Gasteiger partial charge in [-0.25, -0.2) is 4.79 Å². The summed E-state index contributed by atoms with van der Waals surface area (Å²) in [6.45, 7) is 3.48. The third-order valence-corrected chi connectivity index (χ3v) is 4.92. The van der Waals surface area contributed by atoms with Crippen molar-refractivity contribution in [3.63, 3.8) is 0 Å². The van der Waals surface area contributed by atoms with Crippen LogP contribution in [0.5, 0.6) is 5.75 Å². The summed E-state index contributed by atoms with van der Waals surface area (Å²) in [4.78, 5) is 25.2. The minimum Gasteiger partial charge on any atom is -0.494 e. The summed E-state index contributed by atoms with van der Waals surface area (Å²) in [6, 6.07) is 7.36. The molecule has 0 aliphatic heterocycles. The molecule has 7 nitrogen and oxygen atoms in total. The van der Waals surface area contributed by atoms with E-state index in [9.17, 15) is 9.59 Å². The molecule has 1 aromatic rings. The molecule has 142 valence electrons. The normalized spacial score (nSPS) is 21.8. The molecule has 1 aromatic carbocycles. The van der Waals surface area contributed by atoms with Crippen molar-refractivity contribution in [3.05, 3.63) is 24.3 Å². The quantitative estimate of drug-likeness (QED) is 0.629. The molecule has 0 unspecified atom stereocenters. The lowest BCUT2D eigenvalue weighted by Gasteiger charge is -2.42. The Kier molecular flexibility index (Phi) is 5.98. The summed E-state index contributed by atoms with van der Waals surface area (Å²) in [6.07, 6.45) is 4.01. The van der Waals surface area contributed by atoms with Gasteiger partial charge in [0.2, 0.25) is 0 Å². The van der Waals surface area contributed by atoms with Crippen LogP contribution < -0.4 is 15.4 Å². The van der Waals surface area contributed by atoms with Crippen molar-refractivity contribution < 1.29 is 19.4 Å². The highest BCUT2D eigenvalue weighted by Crippen LogP contribution is 2.33. The number of carboxylic acid groups (broad SMARTS) is 1. The molecule has 26 heavy (non-hydrogen) atoms. The molecule has 0 radical (unpaired) electrons. The van der Waals surface area contributed by atoms with Gasteiger partial charge in [0.1, 0.15) is 5.75 Å². The molecule has 0 atom stereocenters. The van der Waals surface area contributed by atoms with E-state index in [4.69, 9.17) is 9.84 Å². The number of ether oxygens (including phenoxy) is 1. The summed E-state index contributed by atoms with van der Waals surface area (Å²) >= 11 is 0. The summed E-state index contributed by atoms with van der Waals surface area (Å²) in [5.74, 6) is 0.647. The Bertz CT molecular complexity index is 624. The number of carbonyl (C=O) groups is 2. The molecule has 0 aromatic heterocycles. The fourth-order valence-corrected chi connectivity index (χ4v) is 3.31. The minimum absolute atomic E-state index is 0.0895. The molecular formula is C19H27N3O4. The van der Waals surface area contributed by atoms with E-state index in [0.29, 0.717) is 18.2 Å². The number of hydrogen-bond donors (Lipinski definition) is 3. The van der Waals surface area contributed by atoms with E-state index in [1.165, 1.54) is 12.8 Å². The van der Waals surface area contributed by atoms with Crippen molar-refractivity contribution >= 4 is 17.7 Å². The van der Waals surface area contributed by atoms with E-state index in [1.54, 1.807) is 12.1 Å². The number of urea groups is 1. The zero-order valence-electron chi connectivity index (χ0n) is 15.1. The minimum atomic E-state index is -0.782. The molecule has 3 rings (SSSR count). The Morgan fingerprint density at radius 1 is 1.23 bits per heavy atom. The first kappa shape index (κ1) is 18.5. The van der Waals surface area contributed by atoms with Gasteiger partial charge in [-0.1, -0.05) is 0 Å². The van der Waals surface area contributed by atoms with Gasteiger partial charge in [0.05, 0.1) is 13.2 Å². The largest absolute Gasteiger partial charge is 0.494 e. The zero-order chi connectivity index (χ0) is 18.5. The first-order valence-electron chi connectivity index (χ1n) is 9.29. The number of carboxylic acids is 1. The van der Waals surface area contributed by atoms with Crippen LogP contribution in [0.25, 0.3) is 0 Å². The van der Waals surface area contributed by atoms with Crippen LogP contribution in [0.1, 0.15) is 32.6 Å². The monoisotopic (exact) mass is 361 g/mol. The predicted octanol–water partition coefficient (Wildman–Crippen LogP) is 2.53. The van der Waals surface area contributed by atoms with E-state index < -0.39 is 5.97 Å². The van der Waals surface area contributed by atoms with E-state index in [1.807, 2.05) is 19.1 Å². The lowest BCUT2D eigenvalue weighted by molar-refractivity contribution is -0.139. The third-order valence-electron chi connectivity index (χ3n) is 4.92. The van der Waals surface area contributed by atoms with Crippen LogP contribution in [0.3, 0.4) is 0 Å². The summed E-state index contributed by atoms with van der Waals surface area (Å²) in [5, 5.41) is 14.9. The van der Waals surface area contributed by atoms with Gasteiger partial charge >= 0.3 is 12.0 Å². The van der Waals surface area contributed by atoms with Crippen molar-refractivity contribution in [2.45, 2.75) is 44.7 Å². The zero-order valence-corrected chi connectivity index (χ0v) is 15.1. The lowest BCUT2D eigenvalue weighted by Crippen LogP contribution is -2.55. The second-order valence-electron chi connectivity index (χ2n) is 7.14. The summed E-state index contributed by atoms with van der Waals surface area (Å²) < 4.78 is 5.38. The van der Waals surface area contributed by atoms with Crippen LogP contribution in [0.2, 0.25) is 0 Å². The maximum atomic E-state index is 12.1. The van der Waals surface area contributed by atoms with E-state index >= 15 is 0 Å². The standard InChI is InChI=1S/C19H27N3O4/c1-2-26-17-7-5-14(6-8-17)20-19(25)21-15-9-16(10-15)22(12-18(23)24)11-13-3-4-13/h5-8,13,15-16H,2-4,9-12H2,1H3,(H,23,24)(H2,20,21,25). The maximum absolute atomic E-state index is 12.1. The molecule has 2 aliphatic carbocycles. The number of benzene rings is 1. The lowest BCUT2D eigenvalue weighted by atomic mass is 9.85. The van der Waals surface area contributed by atoms with Crippen molar-refractivity contribution in [1.82, 2.24) is 10.2 Å². The highest BCUT2D eigenvalue weighted by molar-refractivity contribution is 5.89. The van der Waals surface area contributed by atoms with Gasteiger partial charge in [-0.2, -0.15) is 0 Å². The Morgan fingerprint density at radius 2 is 1.92 bits per heavy atom. The van der Waals surface area contributed by atoms with E-state index in [-0.39, 0.29) is 24.7 Å². The fraction of sp³-hybridized carbons (Fsp3) is 0.579. The Hall–Kier alpha value is -2.28. The maximum Gasteiger partial charge on any atom is 0.319 e. The van der Waals surface area contributed by atoms with E-state index in [0.717, 1.165) is 25.1 Å². The van der Waals surface area contributed by atoms with Gasteiger partial charge in [0.25, 0.3) is 0 Å². The van der Waals surface area contributed by atoms with Crippen LogP contribution in [-0.4, -0.2) is 53.8 Å². The highest BCUT2D eigenvalue weighted by Gasteiger charge is 2.37. The van der Waals surface area contributed by atoms with Crippen molar-refractivity contribution in [3.8, 4) is 5.75 Å². The average Bonchev–Trinajstić information content (AvgIpc) is 3.36. The molecule has 7 heteroatoms. The number of nitrogens with zero attached hydrogens (tertiary/aromatic N) is 1. The van der Waals surface area contributed by atoms with Crippen LogP contribution in [0.4, 0.5) is 10.5 Å². The van der Waals surface area contributed by atoms with Gasteiger partial charge in [0.15, 0.2) is 0 Å². The number of hydrogen-bond acceptors (Lipinski definition) is 4.